The van der Waals surface area contributed by atoms with Crippen LogP contribution in [0.15, 0.2) is 0 Å². The number of ether oxygens (including phenoxy) is 1. The summed E-state index contributed by atoms with van der Waals surface area (Å²) in [5.41, 5.74) is 5.98. The van der Waals surface area contributed by atoms with Crippen molar-refractivity contribution in [3.63, 3.8) is 0 Å². The van der Waals surface area contributed by atoms with Crippen LogP contribution in [0.1, 0.15) is 72.6 Å². The van der Waals surface area contributed by atoms with Crippen LogP contribution in [0.4, 0.5) is 4.79 Å². The molecule has 1 saturated heterocycles. The summed E-state index contributed by atoms with van der Waals surface area (Å²) in [6.45, 7) is 9.11. The van der Waals surface area contributed by atoms with E-state index in [1.54, 1.807) is 23.6 Å². The Hall–Kier alpha value is -1.48. The number of hydrogen-bond acceptors (Lipinski definition) is 6. The highest BCUT2D eigenvalue weighted by Gasteiger charge is 2.44. The van der Waals surface area contributed by atoms with Crippen molar-refractivity contribution in [3.8, 4) is 0 Å². The van der Waals surface area contributed by atoms with Crippen LogP contribution in [0.3, 0.4) is 0 Å². The summed E-state index contributed by atoms with van der Waals surface area (Å²) in [7, 11) is 0. The van der Waals surface area contributed by atoms with Gasteiger partial charge in [0.25, 0.3) is 0 Å². The molecule has 0 bridgehead atoms. The first-order valence-electron chi connectivity index (χ1n) is 12.1. The maximum Gasteiger partial charge on any atom is 0.407 e. The van der Waals surface area contributed by atoms with Gasteiger partial charge in [-0.15, -0.1) is 0 Å². The number of amides is 3. The van der Waals surface area contributed by atoms with E-state index in [9.17, 15) is 14.4 Å². The third-order valence-electron chi connectivity index (χ3n) is 6.45. The topological polar surface area (TPSA) is 114 Å². The van der Waals surface area contributed by atoms with Crippen molar-refractivity contribution >= 4 is 29.7 Å². The van der Waals surface area contributed by atoms with Gasteiger partial charge in [0.1, 0.15) is 12.1 Å². The van der Waals surface area contributed by atoms with Crippen molar-refractivity contribution < 1.29 is 19.1 Å². The Morgan fingerprint density at radius 1 is 1.16 bits per heavy atom. The standard InChI is InChI=1S/C23H42N4O4S/c1-5-14-32-23(3,4)19(26-22(30)31-6-2)21(29)27-13-7-8-18(27)20(28)25-15-16-9-11-17(24)12-10-16/h16-19H,5-15,24H2,1-4H3,(H,25,28)(H,26,30)/t16-,17-,18-,19-/m0/s1. The van der Waals surface area contributed by atoms with Crippen molar-refractivity contribution in [2.24, 2.45) is 11.7 Å². The molecular formula is C23H42N4O4S. The molecule has 4 N–H and O–H groups in total. The molecule has 0 unspecified atom stereocenters. The van der Waals surface area contributed by atoms with Gasteiger partial charge in [-0.2, -0.15) is 11.8 Å². The molecule has 2 rings (SSSR count). The van der Waals surface area contributed by atoms with Gasteiger partial charge in [-0.05, 0) is 77.4 Å². The van der Waals surface area contributed by atoms with E-state index in [2.05, 4.69) is 17.6 Å². The van der Waals surface area contributed by atoms with Crippen molar-refractivity contribution in [2.45, 2.75) is 95.5 Å². The first-order chi connectivity index (χ1) is 15.2. The molecule has 2 aliphatic rings. The van der Waals surface area contributed by atoms with Crippen LogP contribution in [-0.2, 0) is 14.3 Å². The van der Waals surface area contributed by atoms with Crippen LogP contribution < -0.4 is 16.4 Å². The Labute approximate surface area is 197 Å². The molecule has 0 aromatic carbocycles. The molecule has 3 amide bonds. The van der Waals surface area contributed by atoms with Crippen LogP contribution in [0.5, 0.6) is 0 Å². The molecule has 184 valence electrons. The van der Waals surface area contributed by atoms with Crippen molar-refractivity contribution in [1.29, 1.82) is 0 Å². The predicted molar refractivity (Wildman–Crippen MR) is 128 cm³/mol. The van der Waals surface area contributed by atoms with E-state index in [1.165, 1.54) is 0 Å². The predicted octanol–water partition coefficient (Wildman–Crippen LogP) is 2.65. The second-order valence-corrected chi connectivity index (χ2v) is 11.2. The van der Waals surface area contributed by atoms with Gasteiger partial charge in [0, 0.05) is 23.9 Å². The fourth-order valence-corrected chi connectivity index (χ4v) is 5.55. The second-order valence-electron chi connectivity index (χ2n) is 9.47. The quantitative estimate of drug-likeness (QED) is 0.452. The molecule has 0 spiro atoms. The number of nitrogens with two attached hydrogens (primary N) is 1. The number of alkyl carbamates (subject to hydrolysis) is 1. The van der Waals surface area contributed by atoms with Gasteiger partial charge in [-0.1, -0.05) is 6.92 Å². The van der Waals surface area contributed by atoms with E-state index in [0.717, 1.165) is 44.3 Å². The number of carbonyl (C=O) groups is 3. The zero-order valence-corrected chi connectivity index (χ0v) is 21.0. The number of likely N-dealkylation sites (tertiary alicyclic amines) is 1. The monoisotopic (exact) mass is 470 g/mol. The first kappa shape index (κ1) is 26.8. The molecule has 1 saturated carbocycles. The van der Waals surface area contributed by atoms with Crippen molar-refractivity contribution in [1.82, 2.24) is 15.5 Å². The first-order valence-corrected chi connectivity index (χ1v) is 13.1. The number of carbonyl (C=O) groups excluding carboxylic acids is 3. The van der Waals surface area contributed by atoms with E-state index in [1.807, 2.05) is 13.8 Å². The lowest BCUT2D eigenvalue weighted by molar-refractivity contribution is -0.140. The number of rotatable bonds is 10. The zero-order valence-electron chi connectivity index (χ0n) is 20.2. The van der Waals surface area contributed by atoms with Crippen LogP contribution in [0.2, 0.25) is 0 Å². The Balaban J connectivity index is 2.05. The van der Waals surface area contributed by atoms with Crippen LogP contribution >= 0.6 is 11.8 Å². The van der Waals surface area contributed by atoms with Crippen molar-refractivity contribution in [2.75, 3.05) is 25.4 Å². The van der Waals surface area contributed by atoms with Crippen LogP contribution in [-0.4, -0.2) is 71.1 Å². The molecule has 1 aliphatic heterocycles. The summed E-state index contributed by atoms with van der Waals surface area (Å²) >= 11 is 1.64. The molecule has 0 aromatic rings. The molecule has 2 atom stereocenters. The summed E-state index contributed by atoms with van der Waals surface area (Å²) < 4.78 is 4.52. The van der Waals surface area contributed by atoms with Gasteiger partial charge in [0.15, 0.2) is 0 Å². The third-order valence-corrected chi connectivity index (χ3v) is 8.04. The largest absolute Gasteiger partial charge is 0.450 e. The molecule has 32 heavy (non-hydrogen) atoms. The molecule has 0 aromatic heterocycles. The van der Waals surface area contributed by atoms with Gasteiger partial charge >= 0.3 is 6.09 Å². The normalized spacial score (nSPS) is 24.7. The van der Waals surface area contributed by atoms with Gasteiger partial charge in [0.2, 0.25) is 11.8 Å². The number of nitrogens with one attached hydrogen (secondary N) is 2. The molecule has 1 aliphatic carbocycles. The van der Waals surface area contributed by atoms with E-state index in [4.69, 9.17) is 10.5 Å². The van der Waals surface area contributed by atoms with E-state index in [0.29, 0.717) is 25.4 Å². The molecule has 8 nitrogen and oxygen atoms in total. The number of hydrogen-bond donors (Lipinski definition) is 3. The molecule has 2 fully saturated rings. The Morgan fingerprint density at radius 2 is 1.84 bits per heavy atom. The maximum absolute atomic E-state index is 13.6. The van der Waals surface area contributed by atoms with Gasteiger partial charge < -0.3 is 26.0 Å². The number of thioether (sulfide) groups is 1. The lowest BCUT2D eigenvalue weighted by atomic mass is 9.86. The fourth-order valence-electron chi connectivity index (χ4n) is 4.50. The highest BCUT2D eigenvalue weighted by Crippen LogP contribution is 2.32. The molecule has 0 radical (unpaired) electrons. The highest BCUT2D eigenvalue weighted by molar-refractivity contribution is 8.00. The van der Waals surface area contributed by atoms with Crippen molar-refractivity contribution in [3.05, 3.63) is 0 Å². The average Bonchev–Trinajstić information content (AvgIpc) is 3.25. The molecular weight excluding hydrogens is 428 g/mol. The fraction of sp³-hybridized carbons (Fsp3) is 0.870. The zero-order chi connectivity index (χ0) is 23.7. The smallest absolute Gasteiger partial charge is 0.407 e. The van der Waals surface area contributed by atoms with Gasteiger partial charge in [-0.25, -0.2) is 4.79 Å². The number of nitrogens with zero attached hydrogens (tertiary/aromatic N) is 1. The summed E-state index contributed by atoms with van der Waals surface area (Å²) in [5, 5.41) is 5.85. The molecule has 1 heterocycles. The average molecular weight is 471 g/mol. The Morgan fingerprint density at radius 3 is 2.47 bits per heavy atom. The van der Waals surface area contributed by atoms with E-state index < -0.39 is 22.9 Å². The molecule has 9 heteroatoms. The van der Waals surface area contributed by atoms with Gasteiger partial charge in [0.05, 0.1) is 6.61 Å². The second kappa shape index (κ2) is 12.7. The SMILES string of the molecule is CCCSC(C)(C)[C@@H](NC(=O)OCC)C(=O)N1CCC[C@H]1C(=O)NC[C@H]1CC[C@H](N)CC1. The highest BCUT2D eigenvalue weighted by atomic mass is 32.2. The lowest BCUT2D eigenvalue weighted by Crippen LogP contribution is -2.60. The minimum absolute atomic E-state index is 0.0976. The summed E-state index contributed by atoms with van der Waals surface area (Å²) in [6.07, 6.45) is 5.84. The lowest BCUT2D eigenvalue weighted by Gasteiger charge is -2.37. The maximum atomic E-state index is 13.6. The van der Waals surface area contributed by atoms with Gasteiger partial charge in [-0.3, -0.25) is 9.59 Å². The Bertz CT molecular complexity index is 637. The van der Waals surface area contributed by atoms with Crippen LogP contribution in [0.25, 0.3) is 0 Å². The summed E-state index contributed by atoms with van der Waals surface area (Å²) in [6, 6.07) is -0.985. The third kappa shape index (κ3) is 7.54. The summed E-state index contributed by atoms with van der Waals surface area (Å²) in [4.78, 5) is 40.4. The van der Waals surface area contributed by atoms with Crippen LogP contribution in [0, 0.1) is 5.92 Å². The Kier molecular flexibility index (Phi) is 10.6. The minimum Gasteiger partial charge on any atom is -0.450 e. The summed E-state index contributed by atoms with van der Waals surface area (Å²) in [5.74, 6) is 1.01. The minimum atomic E-state index is -0.772. The van der Waals surface area contributed by atoms with E-state index in [-0.39, 0.29) is 24.5 Å². The van der Waals surface area contributed by atoms with E-state index >= 15 is 0 Å².